The number of carbonyl (C=O) groups is 1. The zero-order chi connectivity index (χ0) is 17.9. The molecule has 9 heteroatoms. The van der Waals surface area contributed by atoms with E-state index >= 15 is 0 Å². The van der Waals surface area contributed by atoms with Gasteiger partial charge in [-0.1, -0.05) is 11.6 Å². The smallest absolute Gasteiger partial charge is 0.267 e. The molecule has 0 radical (unpaired) electrons. The summed E-state index contributed by atoms with van der Waals surface area (Å²) in [6, 6.07) is 4.38. The second kappa shape index (κ2) is 7.14. The van der Waals surface area contributed by atoms with Crippen molar-refractivity contribution < 1.29 is 22.3 Å². The third-order valence-corrected chi connectivity index (χ3v) is 4.36. The van der Waals surface area contributed by atoms with Crippen molar-refractivity contribution in [3.63, 3.8) is 0 Å². The number of ether oxygens (including phenoxy) is 1. The second-order valence-corrected chi connectivity index (χ2v) is 7.17. The molecule has 1 aromatic heterocycles. The molecular weight excluding hydrogens is 359 g/mol. The van der Waals surface area contributed by atoms with Crippen LogP contribution in [0.25, 0.3) is 0 Å². The Bertz CT molecular complexity index is 872. The van der Waals surface area contributed by atoms with Crippen LogP contribution in [-0.2, 0) is 10.0 Å². The van der Waals surface area contributed by atoms with Crippen molar-refractivity contribution >= 4 is 27.5 Å². The summed E-state index contributed by atoms with van der Waals surface area (Å²) >= 11 is 5.58. The number of nitrogens with one attached hydrogen (secondary N) is 1. The van der Waals surface area contributed by atoms with Gasteiger partial charge >= 0.3 is 0 Å². The predicted molar refractivity (Wildman–Crippen MR) is 86.1 cm³/mol. The van der Waals surface area contributed by atoms with Crippen molar-refractivity contribution in [2.24, 2.45) is 0 Å². The van der Waals surface area contributed by atoms with E-state index in [4.69, 9.17) is 16.3 Å². The molecule has 0 bridgehead atoms. The van der Waals surface area contributed by atoms with Gasteiger partial charge < -0.3 is 4.74 Å². The van der Waals surface area contributed by atoms with E-state index in [9.17, 15) is 17.6 Å². The highest BCUT2D eigenvalue weighted by Crippen LogP contribution is 2.19. The van der Waals surface area contributed by atoms with Crippen LogP contribution in [0.1, 0.15) is 24.2 Å². The van der Waals surface area contributed by atoms with E-state index in [1.807, 2.05) is 0 Å². The Morgan fingerprint density at radius 2 is 2.00 bits per heavy atom. The first kappa shape index (κ1) is 18.2. The fourth-order valence-electron chi connectivity index (χ4n) is 1.81. The molecule has 0 saturated heterocycles. The number of rotatable bonds is 5. The van der Waals surface area contributed by atoms with Crippen LogP contribution in [0.2, 0.25) is 5.02 Å². The average molecular weight is 373 g/mol. The molecule has 2 rings (SSSR count). The van der Waals surface area contributed by atoms with Gasteiger partial charge in [0.15, 0.2) is 0 Å². The number of pyridine rings is 1. The number of hydrogen-bond acceptors (Lipinski definition) is 5. The molecule has 1 amide bonds. The van der Waals surface area contributed by atoms with E-state index in [0.29, 0.717) is 5.75 Å². The van der Waals surface area contributed by atoms with Crippen LogP contribution in [0, 0.1) is 5.82 Å². The first-order valence-corrected chi connectivity index (χ1v) is 8.69. The van der Waals surface area contributed by atoms with E-state index in [1.165, 1.54) is 24.5 Å². The summed E-state index contributed by atoms with van der Waals surface area (Å²) in [7, 11) is -4.39. The molecule has 0 fully saturated rings. The van der Waals surface area contributed by atoms with Gasteiger partial charge in [-0.2, -0.15) is 0 Å². The zero-order valence-electron chi connectivity index (χ0n) is 12.8. The first-order valence-electron chi connectivity index (χ1n) is 6.83. The minimum absolute atomic E-state index is 0.0360. The number of halogens is 2. The van der Waals surface area contributed by atoms with Gasteiger partial charge in [-0.05, 0) is 38.1 Å². The molecule has 0 saturated carbocycles. The zero-order valence-corrected chi connectivity index (χ0v) is 14.4. The fourth-order valence-corrected chi connectivity index (χ4v) is 3.00. The molecule has 24 heavy (non-hydrogen) atoms. The van der Waals surface area contributed by atoms with Crippen molar-refractivity contribution in [1.82, 2.24) is 9.71 Å². The van der Waals surface area contributed by atoms with Crippen molar-refractivity contribution in [2.45, 2.75) is 24.8 Å². The number of carbonyl (C=O) groups excluding carboxylic acids is 1. The Morgan fingerprint density at radius 1 is 1.29 bits per heavy atom. The highest BCUT2D eigenvalue weighted by molar-refractivity contribution is 7.90. The summed E-state index contributed by atoms with van der Waals surface area (Å²) in [5.41, 5.74) is -0.0360. The minimum Gasteiger partial charge on any atom is -0.489 e. The molecule has 128 valence electrons. The summed E-state index contributed by atoms with van der Waals surface area (Å²) in [5, 5.41) is 0.0421. The Balaban J connectivity index is 2.25. The van der Waals surface area contributed by atoms with Gasteiger partial charge in [0.1, 0.15) is 16.5 Å². The topological polar surface area (TPSA) is 85.4 Å². The number of aromatic nitrogens is 1. The summed E-state index contributed by atoms with van der Waals surface area (Å²) in [4.78, 5) is 15.3. The molecule has 0 spiro atoms. The van der Waals surface area contributed by atoms with Crippen LogP contribution >= 0.6 is 11.6 Å². The lowest BCUT2D eigenvalue weighted by Gasteiger charge is -2.11. The summed E-state index contributed by atoms with van der Waals surface area (Å²) in [5.74, 6) is -1.70. The molecule has 6 nitrogen and oxygen atoms in total. The molecule has 0 aliphatic carbocycles. The highest BCUT2D eigenvalue weighted by Gasteiger charge is 2.23. The molecule has 2 aromatic rings. The van der Waals surface area contributed by atoms with Gasteiger partial charge in [-0.15, -0.1) is 0 Å². The van der Waals surface area contributed by atoms with E-state index in [-0.39, 0.29) is 16.7 Å². The van der Waals surface area contributed by atoms with Gasteiger partial charge in [0.2, 0.25) is 0 Å². The number of amides is 1. The Morgan fingerprint density at radius 3 is 2.62 bits per heavy atom. The molecule has 0 aliphatic heterocycles. The lowest BCUT2D eigenvalue weighted by atomic mass is 10.2. The molecule has 0 aliphatic rings. The Hall–Kier alpha value is -2.19. The van der Waals surface area contributed by atoms with Gasteiger partial charge in [-0.3, -0.25) is 9.78 Å². The lowest BCUT2D eigenvalue weighted by molar-refractivity contribution is 0.0980. The molecule has 0 atom stereocenters. The quantitative estimate of drug-likeness (QED) is 0.872. The maximum absolute atomic E-state index is 13.8. The molecular formula is C15H14ClFN2O4S. The number of hydrogen-bond donors (Lipinski definition) is 1. The standard InChI is InChI=1S/C15H14ClFN2O4S/c1-9(2)23-12-5-10(7-18-8-12)15(20)19-24(21,22)14-4-3-11(16)6-13(14)17/h3-9H,1-2H3,(H,19,20). The van der Waals surface area contributed by atoms with E-state index < -0.39 is 26.6 Å². The van der Waals surface area contributed by atoms with Gasteiger partial charge in [0.05, 0.1) is 17.9 Å². The van der Waals surface area contributed by atoms with Gasteiger partial charge in [0, 0.05) is 11.2 Å². The van der Waals surface area contributed by atoms with Crippen LogP contribution in [-0.4, -0.2) is 25.4 Å². The van der Waals surface area contributed by atoms with Gasteiger partial charge in [0.25, 0.3) is 15.9 Å². The van der Waals surface area contributed by atoms with E-state index in [1.54, 1.807) is 18.6 Å². The largest absolute Gasteiger partial charge is 0.489 e. The van der Waals surface area contributed by atoms with Crippen molar-refractivity contribution in [1.29, 1.82) is 0 Å². The van der Waals surface area contributed by atoms with Crippen LogP contribution < -0.4 is 9.46 Å². The number of nitrogens with zero attached hydrogens (tertiary/aromatic N) is 1. The maximum atomic E-state index is 13.8. The van der Waals surface area contributed by atoms with Crippen molar-refractivity contribution in [3.05, 3.63) is 53.1 Å². The lowest BCUT2D eigenvalue weighted by Crippen LogP contribution is -2.31. The second-order valence-electron chi connectivity index (χ2n) is 5.09. The summed E-state index contributed by atoms with van der Waals surface area (Å²) in [6.45, 7) is 3.58. The third kappa shape index (κ3) is 4.42. The first-order chi connectivity index (χ1) is 11.2. The minimum atomic E-state index is -4.39. The molecule has 1 aromatic carbocycles. The summed E-state index contributed by atoms with van der Waals surface area (Å²) in [6.07, 6.45) is 2.43. The average Bonchev–Trinajstić information content (AvgIpc) is 2.45. The SMILES string of the molecule is CC(C)Oc1cncc(C(=O)NS(=O)(=O)c2ccc(Cl)cc2F)c1. The summed E-state index contributed by atoms with van der Waals surface area (Å²) < 4.78 is 45.2. The van der Waals surface area contributed by atoms with E-state index in [2.05, 4.69) is 4.98 Å². The van der Waals surface area contributed by atoms with Crippen LogP contribution in [0.15, 0.2) is 41.6 Å². The third-order valence-electron chi connectivity index (χ3n) is 2.76. The normalized spacial score (nSPS) is 11.4. The molecule has 1 N–H and O–H groups in total. The predicted octanol–water partition coefficient (Wildman–Crippen LogP) is 2.78. The fraction of sp³-hybridized carbons (Fsp3) is 0.200. The van der Waals surface area contributed by atoms with Crippen LogP contribution in [0.3, 0.4) is 0 Å². The molecule has 0 unspecified atom stereocenters. The van der Waals surface area contributed by atoms with Gasteiger partial charge in [-0.25, -0.2) is 17.5 Å². The van der Waals surface area contributed by atoms with Crippen molar-refractivity contribution in [3.8, 4) is 5.75 Å². The van der Waals surface area contributed by atoms with Crippen molar-refractivity contribution in [2.75, 3.05) is 0 Å². The molecule has 1 heterocycles. The highest BCUT2D eigenvalue weighted by atomic mass is 35.5. The number of sulfonamides is 1. The van der Waals surface area contributed by atoms with Crippen LogP contribution in [0.5, 0.6) is 5.75 Å². The van der Waals surface area contributed by atoms with Crippen LogP contribution in [0.4, 0.5) is 4.39 Å². The number of benzene rings is 1. The Labute approximate surface area is 143 Å². The maximum Gasteiger partial charge on any atom is 0.267 e. The monoisotopic (exact) mass is 372 g/mol. The van der Waals surface area contributed by atoms with E-state index in [0.717, 1.165) is 12.1 Å². The Kier molecular flexibility index (Phi) is 5.40.